The van der Waals surface area contributed by atoms with Crippen molar-refractivity contribution in [1.29, 1.82) is 0 Å². The number of nitrogens with one attached hydrogen (secondary N) is 2. The number of H-pyrrole nitrogens is 1. The lowest BCUT2D eigenvalue weighted by Gasteiger charge is -2.27. The fraction of sp³-hybridized carbons (Fsp3) is 0.263. The molecule has 1 heterocycles. The molecule has 24 heavy (non-hydrogen) atoms. The Morgan fingerprint density at radius 1 is 1.17 bits per heavy atom. The summed E-state index contributed by atoms with van der Waals surface area (Å²) in [4.78, 5) is 14.8. The molecule has 0 saturated heterocycles. The average molecular weight is 322 g/mol. The van der Waals surface area contributed by atoms with Gasteiger partial charge in [-0.1, -0.05) is 18.2 Å². The van der Waals surface area contributed by atoms with Crippen LogP contribution in [0.1, 0.15) is 31.3 Å². The fourth-order valence-electron chi connectivity index (χ4n) is 2.91. The van der Waals surface area contributed by atoms with Crippen LogP contribution in [0.2, 0.25) is 0 Å². The summed E-state index contributed by atoms with van der Waals surface area (Å²) in [5, 5.41) is 10.7. The van der Waals surface area contributed by atoms with Crippen LogP contribution in [0.25, 0.3) is 10.9 Å². The Hall–Kier alpha value is -2.82. The zero-order chi connectivity index (χ0) is 17.1. The lowest BCUT2D eigenvalue weighted by atomic mass is 10.2. The van der Waals surface area contributed by atoms with E-state index in [1.54, 1.807) is 0 Å². The molecule has 0 radical (unpaired) electrons. The second kappa shape index (κ2) is 6.74. The summed E-state index contributed by atoms with van der Waals surface area (Å²) in [7, 11) is 0. The number of nitrogens with zero attached hydrogens (tertiary/aromatic N) is 2. The first-order valence-electron chi connectivity index (χ1n) is 8.21. The van der Waals surface area contributed by atoms with Crippen LogP contribution in [0.5, 0.6) is 0 Å². The van der Waals surface area contributed by atoms with E-state index in [-0.39, 0.29) is 5.91 Å². The van der Waals surface area contributed by atoms with Gasteiger partial charge in [-0.05, 0) is 51.1 Å². The van der Waals surface area contributed by atoms with E-state index in [1.807, 2.05) is 48.5 Å². The maximum absolute atomic E-state index is 12.5. The first-order valence-corrected chi connectivity index (χ1v) is 8.21. The summed E-state index contributed by atoms with van der Waals surface area (Å²) in [6, 6.07) is 15.9. The summed E-state index contributed by atoms with van der Waals surface area (Å²) in [5.74, 6) is -0.212. The Morgan fingerprint density at radius 2 is 1.88 bits per heavy atom. The van der Waals surface area contributed by atoms with Gasteiger partial charge in [0, 0.05) is 29.3 Å². The van der Waals surface area contributed by atoms with E-state index in [2.05, 4.69) is 41.2 Å². The van der Waals surface area contributed by atoms with Crippen LogP contribution in [0.4, 0.5) is 11.4 Å². The van der Waals surface area contributed by atoms with Crippen LogP contribution in [-0.2, 0) is 0 Å². The Morgan fingerprint density at radius 3 is 2.54 bits per heavy atom. The Balaban J connectivity index is 1.77. The highest BCUT2D eigenvalue weighted by Gasteiger charge is 2.14. The topological polar surface area (TPSA) is 61.0 Å². The van der Waals surface area contributed by atoms with Gasteiger partial charge in [0.25, 0.3) is 5.91 Å². The smallest absolute Gasteiger partial charge is 0.276 e. The summed E-state index contributed by atoms with van der Waals surface area (Å²) >= 11 is 0. The van der Waals surface area contributed by atoms with Crippen molar-refractivity contribution in [2.45, 2.75) is 26.8 Å². The molecule has 0 aliphatic rings. The number of hydrogen-bond acceptors (Lipinski definition) is 3. The van der Waals surface area contributed by atoms with Crippen LogP contribution in [0.15, 0.2) is 48.5 Å². The predicted molar refractivity (Wildman–Crippen MR) is 98.6 cm³/mol. The van der Waals surface area contributed by atoms with Gasteiger partial charge in [-0.3, -0.25) is 9.89 Å². The lowest BCUT2D eigenvalue weighted by molar-refractivity contribution is 0.102. The normalized spacial score (nSPS) is 11.0. The monoisotopic (exact) mass is 322 g/mol. The number of amides is 1. The molecule has 3 rings (SSSR count). The van der Waals surface area contributed by atoms with Crippen molar-refractivity contribution in [3.8, 4) is 0 Å². The standard InChI is InChI=1S/C19H22N4O/c1-4-23(13(2)3)15-11-9-14(10-12-15)20-19(24)18-16-7-5-6-8-17(16)21-22-18/h5-13H,4H2,1-3H3,(H,20,24)(H,21,22). The van der Waals surface area contributed by atoms with E-state index in [1.165, 1.54) is 0 Å². The Bertz CT molecular complexity index is 836. The van der Waals surface area contributed by atoms with Crippen molar-refractivity contribution < 1.29 is 4.79 Å². The van der Waals surface area contributed by atoms with Crippen LogP contribution in [0.3, 0.4) is 0 Å². The van der Waals surface area contributed by atoms with E-state index in [0.29, 0.717) is 11.7 Å². The van der Waals surface area contributed by atoms with E-state index in [0.717, 1.165) is 28.8 Å². The van der Waals surface area contributed by atoms with Crippen molar-refractivity contribution in [2.75, 3.05) is 16.8 Å². The number of rotatable bonds is 5. The molecule has 1 aromatic heterocycles. The highest BCUT2D eigenvalue weighted by molar-refractivity contribution is 6.11. The molecule has 1 amide bonds. The number of carbonyl (C=O) groups excluding carboxylic acids is 1. The summed E-state index contributed by atoms with van der Waals surface area (Å²) in [5.41, 5.74) is 3.17. The highest BCUT2D eigenvalue weighted by Crippen LogP contribution is 2.21. The third-order valence-electron chi connectivity index (χ3n) is 4.11. The van der Waals surface area contributed by atoms with Crippen molar-refractivity contribution in [3.05, 3.63) is 54.2 Å². The molecule has 5 nitrogen and oxygen atoms in total. The van der Waals surface area contributed by atoms with Crippen molar-refractivity contribution in [1.82, 2.24) is 10.2 Å². The van der Waals surface area contributed by atoms with Gasteiger partial charge in [-0.25, -0.2) is 0 Å². The maximum atomic E-state index is 12.5. The molecule has 0 atom stereocenters. The number of hydrogen-bond donors (Lipinski definition) is 2. The van der Waals surface area contributed by atoms with Gasteiger partial charge in [-0.15, -0.1) is 0 Å². The molecular weight excluding hydrogens is 300 g/mol. The number of carbonyl (C=O) groups is 1. The lowest BCUT2D eigenvalue weighted by Crippen LogP contribution is -2.30. The summed E-state index contributed by atoms with van der Waals surface area (Å²) < 4.78 is 0. The average Bonchev–Trinajstić information content (AvgIpc) is 3.01. The first kappa shape index (κ1) is 16.1. The van der Waals surface area contributed by atoms with Gasteiger partial charge in [0.15, 0.2) is 5.69 Å². The summed E-state index contributed by atoms with van der Waals surface area (Å²) in [6.07, 6.45) is 0. The third-order valence-corrected chi connectivity index (χ3v) is 4.11. The largest absolute Gasteiger partial charge is 0.369 e. The minimum Gasteiger partial charge on any atom is -0.369 e. The van der Waals surface area contributed by atoms with Crippen LogP contribution in [-0.4, -0.2) is 28.7 Å². The quantitative estimate of drug-likeness (QED) is 0.745. The van der Waals surface area contributed by atoms with Crippen molar-refractivity contribution in [2.24, 2.45) is 0 Å². The van der Waals surface area contributed by atoms with Gasteiger partial charge >= 0.3 is 0 Å². The van der Waals surface area contributed by atoms with Crippen LogP contribution >= 0.6 is 0 Å². The third kappa shape index (κ3) is 3.11. The highest BCUT2D eigenvalue weighted by atomic mass is 16.1. The SMILES string of the molecule is CCN(c1ccc(NC(=O)c2n[nH]c3ccccc23)cc1)C(C)C. The zero-order valence-corrected chi connectivity index (χ0v) is 14.2. The van der Waals surface area contributed by atoms with Gasteiger partial charge in [0.05, 0.1) is 5.52 Å². The Labute approximate surface area is 141 Å². The molecular formula is C19H22N4O. The number of aromatic amines is 1. The molecule has 2 aromatic carbocycles. The minimum absolute atomic E-state index is 0.212. The molecule has 124 valence electrons. The predicted octanol–water partition coefficient (Wildman–Crippen LogP) is 4.05. The Kier molecular flexibility index (Phi) is 4.51. The second-order valence-corrected chi connectivity index (χ2v) is 6.00. The number of fused-ring (bicyclic) bond motifs is 1. The molecule has 0 saturated carbocycles. The molecule has 0 fully saturated rings. The number of aromatic nitrogens is 2. The fourth-order valence-corrected chi connectivity index (χ4v) is 2.91. The van der Waals surface area contributed by atoms with Gasteiger partial charge in [-0.2, -0.15) is 5.10 Å². The molecule has 5 heteroatoms. The molecule has 0 aliphatic heterocycles. The molecule has 0 aliphatic carbocycles. The number of anilines is 2. The minimum atomic E-state index is -0.212. The van der Waals surface area contributed by atoms with E-state index < -0.39 is 0 Å². The van der Waals surface area contributed by atoms with Crippen molar-refractivity contribution >= 4 is 28.2 Å². The van der Waals surface area contributed by atoms with E-state index in [9.17, 15) is 4.79 Å². The van der Waals surface area contributed by atoms with E-state index >= 15 is 0 Å². The molecule has 3 aromatic rings. The van der Waals surface area contributed by atoms with Crippen LogP contribution in [0, 0.1) is 0 Å². The molecule has 0 spiro atoms. The van der Waals surface area contributed by atoms with Gasteiger partial charge in [0.2, 0.25) is 0 Å². The molecule has 0 bridgehead atoms. The summed E-state index contributed by atoms with van der Waals surface area (Å²) in [6.45, 7) is 7.42. The van der Waals surface area contributed by atoms with Crippen molar-refractivity contribution in [3.63, 3.8) is 0 Å². The molecule has 0 unspecified atom stereocenters. The number of benzene rings is 2. The van der Waals surface area contributed by atoms with E-state index in [4.69, 9.17) is 0 Å². The first-order chi connectivity index (χ1) is 11.6. The molecule has 2 N–H and O–H groups in total. The second-order valence-electron chi connectivity index (χ2n) is 6.00. The zero-order valence-electron chi connectivity index (χ0n) is 14.2. The van der Waals surface area contributed by atoms with Gasteiger partial charge < -0.3 is 10.2 Å². The maximum Gasteiger partial charge on any atom is 0.276 e. The van der Waals surface area contributed by atoms with Gasteiger partial charge in [0.1, 0.15) is 0 Å². The van der Waals surface area contributed by atoms with Crippen LogP contribution < -0.4 is 10.2 Å². The number of para-hydroxylation sites is 1.